The van der Waals surface area contributed by atoms with Gasteiger partial charge in [-0.3, -0.25) is 14.3 Å². The lowest BCUT2D eigenvalue weighted by molar-refractivity contribution is 0.0996. The summed E-state index contributed by atoms with van der Waals surface area (Å²) in [7, 11) is 0. The molecule has 0 aliphatic carbocycles. The third kappa shape index (κ3) is 5.40. The minimum Gasteiger partial charge on any atom is -0.304 e. The summed E-state index contributed by atoms with van der Waals surface area (Å²) >= 11 is 24.2. The lowest BCUT2D eigenvalue weighted by atomic mass is 9.98. The van der Waals surface area contributed by atoms with Crippen molar-refractivity contribution in [3.05, 3.63) is 115 Å². The monoisotopic (exact) mass is 517 g/mol. The molecule has 166 valence electrons. The quantitative estimate of drug-likeness (QED) is 0.279. The van der Waals surface area contributed by atoms with Crippen LogP contribution in [0.2, 0.25) is 20.1 Å². The number of anilines is 1. The van der Waals surface area contributed by atoms with Crippen molar-refractivity contribution >= 4 is 63.9 Å². The number of nitrogens with one attached hydrogen (secondary N) is 1. The molecule has 1 heterocycles. The van der Waals surface area contributed by atoms with E-state index >= 15 is 0 Å². The number of ketones is 1. The molecule has 1 aromatic heterocycles. The Balaban J connectivity index is 1.55. The molecule has 0 aliphatic rings. The first-order chi connectivity index (χ1) is 15.8. The Morgan fingerprint density at radius 3 is 2.21 bits per heavy atom. The van der Waals surface area contributed by atoms with Crippen LogP contribution in [0, 0.1) is 0 Å². The number of benzene rings is 3. The van der Waals surface area contributed by atoms with Crippen LogP contribution < -0.4 is 5.32 Å². The summed E-state index contributed by atoms with van der Waals surface area (Å²) in [4.78, 5) is 26.0. The summed E-state index contributed by atoms with van der Waals surface area (Å²) in [6, 6.07) is 18.3. The smallest absolute Gasteiger partial charge is 0.257 e. The van der Waals surface area contributed by atoms with Crippen LogP contribution >= 0.6 is 46.4 Å². The van der Waals surface area contributed by atoms with Gasteiger partial charge in [-0.2, -0.15) is 5.10 Å². The van der Waals surface area contributed by atoms with Crippen LogP contribution in [0.4, 0.5) is 5.82 Å². The highest BCUT2D eigenvalue weighted by atomic mass is 35.5. The Kier molecular flexibility index (Phi) is 7.05. The number of carbonyl (C=O) groups excluding carboxylic acids is 2. The maximum Gasteiger partial charge on any atom is 0.257 e. The standard InChI is InChI=1S/C24H15Cl4N3O2/c25-16-8-6-15(7-9-16)22(32)17-3-1-2-4-18(17)24(33)29-23-21(28)13-31(30-23)12-14-5-10-19(26)20(27)11-14/h1-11,13H,12H2,(H,29,30,33). The van der Waals surface area contributed by atoms with Gasteiger partial charge in [0, 0.05) is 22.3 Å². The van der Waals surface area contributed by atoms with Gasteiger partial charge in [0.1, 0.15) is 5.02 Å². The second-order valence-electron chi connectivity index (χ2n) is 7.11. The highest BCUT2D eigenvalue weighted by Gasteiger charge is 2.20. The molecule has 1 amide bonds. The minimum atomic E-state index is -0.505. The molecule has 0 fully saturated rings. The molecule has 0 radical (unpaired) electrons. The predicted octanol–water partition coefficient (Wildman–Crippen LogP) is 7.03. The number of hydrogen-bond acceptors (Lipinski definition) is 3. The number of hydrogen-bond donors (Lipinski definition) is 1. The zero-order chi connectivity index (χ0) is 23.5. The first-order valence-electron chi connectivity index (χ1n) is 9.69. The van der Waals surface area contributed by atoms with Crippen molar-refractivity contribution in [2.24, 2.45) is 0 Å². The van der Waals surface area contributed by atoms with Crippen LogP contribution in [0.1, 0.15) is 31.8 Å². The van der Waals surface area contributed by atoms with E-state index in [4.69, 9.17) is 46.4 Å². The van der Waals surface area contributed by atoms with Gasteiger partial charge < -0.3 is 5.32 Å². The van der Waals surface area contributed by atoms with Crippen molar-refractivity contribution in [1.82, 2.24) is 9.78 Å². The van der Waals surface area contributed by atoms with Gasteiger partial charge in [-0.05, 0) is 48.0 Å². The first kappa shape index (κ1) is 23.3. The number of amides is 1. The van der Waals surface area contributed by atoms with Crippen molar-refractivity contribution < 1.29 is 9.59 Å². The topological polar surface area (TPSA) is 64.0 Å². The lowest BCUT2D eigenvalue weighted by Crippen LogP contribution is -2.17. The molecule has 33 heavy (non-hydrogen) atoms. The highest BCUT2D eigenvalue weighted by Crippen LogP contribution is 2.25. The van der Waals surface area contributed by atoms with Gasteiger partial charge in [0.25, 0.3) is 5.91 Å². The fourth-order valence-corrected chi connectivity index (χ4v) is 3.84. The maximum atomic E-state index is 13.0. The van der Waals surface area contributed by atoms with Crippen LogP contribution in [-0.2, 0) is 6.54 Å². The SMILES string of the molecule is O=C(Nc1nn(Cc2ccc(Cl)c(Cl)c2)cc1Cl)c1ccccc1C(=O)c1ccc(Cl)cc1. The summed E-state index contributed by atoms with van der Waals surface area (Å²) in [5.41, 5.74) is 1.74. The summed E-state index contributed by atoms with van der Waals surface area (Å²) < 4.78 is 1.57. The van der Waals surface area contributed by atoms with Gasteiger partial charge in [-0.15, -0.1) is 0 Å². The molecule has 0 bridgehead atoms. The lowest BCUT2D eigenvalue weighted by Gasteiger charge is -2.09. The summed E-state index contributed by atoms with van der Waals surface area (Å²) in [6.07, 6.45) is 1.59. The van der Waals surface area contributed by atoms with E-state index in [-0.39, 0.29) is 27.8 Å². The predicted molar refractivity (Wildman–Crippen MR) is 132 cm³/mol. The average Bonchev–Trinajstić information content (AvgIpc) is 3.14. The van der Waals surface area contributed by atoms with E-state index < -0.39 is 5.91 Å². The number of halogens is 4. The van der Waals surface area contributed by atoms with Gasteiger partial charge in [0.2, 0.25) is 0 Å². The molecule has 0 spiro atoms. The van der Waals surface area contributed by atoms with Crippen molar-refractivity contribution in [2.75, 3.05) is 5.32 Å². The van der Waals surface area contributed by atoms with Gasteiger partial charge in [0.15, 0.2) is 11.6 Å². The van der Waals surface area contributed by atoms with Crippen LogP contribution in [0.5, 0.6) is 0 Å². The van der Waals surface area contributed by atoms with Crippen molar-refractivity contribution in [3.63, 3.8) is 0 Å². The fourth-order valence-electron chi connectivity index (χ4n) is 3.20. The van der Waals surface area contributed by atoms with Gasteiger partial charge in [-0.1, -0.05) is 70.7 Å². The molecule has 4 aromatic rings. The Morgan fingerprint density at radius 2 is 1.52 bits per heavy atom. The van der Waals surface area contributed by atoms with Crippen LogP contribution in [0.15, 0.2) is 72.9 Å². The maximum absolute atomic E-state index is 13.0. The van der Waals surface area contributed by atoms with Crippen LogP contribution in [0.25, 0.3) is 0 Å². The molecular formula is C24H15Cl4N3O2. The van der Waals surface area contributed by atoms with Gasteiger partial charge in [0.05, 0.1) is 22.2 Å². The second kappa shape index (κ2) is 9.98. The summed E-state index contributed by atoms with van der Waals surface area (Å²) in [5.74, 6) is -0.626. The number of aromatic nitrogens is 2. The molecule has 5 nitrogen and oxygen atoms in total. The third-order valence-corrected chi connectivity index (χ3v) is 6.07. The molecule has 3 aromatic carbocycles. The number of carbonyl (C=O) groups is 2. The molecule has 1 N–H and O–H groups in total. The van der Waals surface area contributed by atoms with E-state index in [0.29, 0.717) is 27.2 Å². The number of rotatable bonds is 6. The zero-order valence-corrected chi connectivity index (χ0v) is 19.9. The molecule has 0 unspecified atom stereocenters. The van der Waals surface area contributed by atoms with Crippen LogP contribution in [-0.4, -0.2) is 21.5 Å². The normalized spacial score (nSPS) is 10.8. The Bertz CT molecular complexity index is 1350. The minimum absolute atomic E-state index is 0.176. The Morgan fingerprint density at radius 1 is 0.818 bits per heavy atom. The van der Waals surface area contributed by atoms with E-state index in [9.17, 15) is 9.59 Å². The van der Waals surface area contributed by atoms with Gasteiger partial charge >= 0.3 is 0 Å². The van der Waals surface area contributed by atoms with E-state index in [2.05, 4.69) is 10.4 Å². The van der Waals surface area contributed by atoms with E-state index in [1.165, 1.54) is 0 Å². The summed E-state index contributed by atoms with van der Waals surface area (Å²) in [5, 5.41) is 8.69. The summed E-state index contributed by atoms with van der Waals surface area (Å²) in [6.45, 7) is 0.373. The third-order valence-electron chi connectivity index (χ3n) is 4.80. The molecule has 0 saturated carbocycles. The Hall–Kier alpha value is -2.83. The van der Waals surface area contributed by atoms with Crippen LogP contribution in [0.3, 0.4) is 0 Å². The largest absolute Gasteiger partial charge is 0.304 e. The van der Waals surface area contributed by atoms with Crippen molar-refractivity contribution in [3.8, 4) is 0 Å². The molecule has 0 aliphatic heterocycles. The Labute approximate surface area is 209 Å². The molecular weight excluding hydrogens is 504 g/mol. The highest BCUT2D eigenvalue weighted by molar-refractivity contribution is 6.42. The van der Waals surface area contributed by atoms with E-state index in [0.717, 1.165) is 5.56 Å². The first-order valence-corrected chi connectivity index (χ1v) is 11.2. The molecule has 0 atom stereocenters. The molecule has 4 rings (SSSR count). The molecule has 9 heteroatoms. The second-order valence-corrected chi connectivity index (χ2v) is 8.77. The fraction of sp³-hybridized carbons (Fsp3) is 0.0417. The average molecular weight is 519 g/mol. The van der Waals surface area contributed by atoms with E-state index in [1.54, 1.807) is 71.5 Å². The number of nitrogens with zero attached hydrogens (tertiary/aromatic N) is 2. The molecule has 0 saturated heterocycles. The van der Waals surface area contributed by atoms with Crippen molar-refractivity contribution in [1.29, 1.82) is 0 Å². The van der Waals surface area contributed by atoms with Crippen molar-refractivity contribution in [2.45, 2.75) is 6.54 Å². The zero-order valence-electron chi connectivity index (χ0n) is 16.9. The van der Waals surface area contributed by atoms with Gasteiger partial charge in [-0.25, -0.2) is 0 Å². The van der Waals surface area contributed by atoms with E-state index in [1.807, 2.05) is 6.07 Å².